The molecule has 1 amide bonds. The van der Waals surface area contributed by atoms with Gasteiger partial charge < -0.3 is 9.88 Å². The van der Waals surface area contributed by atoms with Gasteiger partial charge in [-0.05, 0) is 49.3 Å². The third-order valence-corrected chi connectivity index (χ3v) is 7.26. The summed E-state index contributed by atoms with van der Waals surface area (Å²) in [5.41, 5.74) is 2.12. The molecule has 3 aromatic rings. The smallest absolute Gasteiger partial charge is 0.223 e. The summed E-state index contributed by atoms with van der Waals surface area (Å²) in [7, 11) is 0. The first kappa shape index (κ1) is 18.6. The molecule has 3 fully saturated rings. The van der Waals surface area contributed by atoms with Crippen molar-refractivity contribution >= 4 is 28.4 Å². The van der Waals surface area contributed by atoms with E-state index in [0.717, 1.165) is 53.0 Å². The van der Waals surface area contributed by atoms with Crippen LogP contribution < -0.4 is 0 Å². The summed E-state index contributed by atoms with van der Waals surface area (Å²) in [6.45, 7) is 4.27. The van der Waals surface area contributed by atoms with Crippen molar-refractivity contribution in [3.8, 4) is 0 Å². The summed E-state index contributed by atoms with van der Waals surface area (Å²) in [5, 5.41) is 16.6. The van der Waals surface area contributed by atoms with E-state index in [-0.39, 0.29) is 29.3 Å². The zero-order valence-electron chi connectivity index (χ0n) is 16.7. The van der Waals surface area contributed by atoms with Gasteiger partial charge in [-0.3, -0.25) is 4.79 Å². The van der Waals surface area contributed by atoms with E-state index in [1.807, 2.05) is 24.4 Å². The first-order valence-electron chi connectivity index (χ1n) is 10.3. The lowest BCUT2D eigenvalue weighted by Gasteiger charge is -2.59. The van der Waals surface area contributed by atoms with Crippen LogP contribution in [0.15, 0.2) is 24.4 Å². The van der Waals surface area contributed by atoms with Gasteiger partial charge in [-0.1, -0.05) is 36.7 Å². The fourth-order valence-electron chi connectivity index (χ4n) is 5.49. The molecular formula is C21H25ClN6O. The van der Waals surface area contributed by atoms with Crippen molar-refractivity contribution in [2.45, 2.75) is 69.4 Å². The summed E-state index contributed by atoms with van der Waals surface area (Å²) < 4.78 is 0. The Bertz CT molecular complexity index is 1040. The molecule has 2 aromatic heterocycles. The van der Waals surface area contributed by atoms with Crippen LogP contribution in [0.4, 0.5) is 0 Å². The number of nitrogens with zero attached hydrogens (tertiary/aromatic N) is 4. The molecule has 2 aliphatic heterocycles. The summed E-state index contributed by atoms with van der Waals surface area (Å²) in [4.78, 5) is 18.8. The third kappa shape index (κ3) is 2.86. The monoisotopic (exact) mass is 412 g/mol. The van der Waals surface area contributed by atoms with Gasteiger partial charge in [0.05, 0.1) is 5.02 Å². The lowest BCUT2D eigenvalue weighted by molar-refractivity contribution is -0.150. The molecular weight excluding hydrogens is 388 g/mol. The van der Waals surface area contributed by atoms with E-state index in [0.29, 0.717) is 6.42 Å². The fourth-order valence-corrected chi connectivity index (χ4v) is 5.78. The number of hydrogen-bond donors (Lipinski definition) is 2. The number of tetrazole rings is 1. The average molecular weight is 413 g/mol. The van der Waals surface area contributed by atoms with Gasteiger partial charge in [-0.25, -0.2) is 0 Å². The Labute approximate surface area is 174 Å². The van der Waals surface area contributed by atoms with Gasteiger partial charge >= 0.3 is 0 Å². The Morgan fingerprint density at radius 3 is 2.93 bits per heavy atom. The second kappa shape index (κ2) is 6.83. The van der Waals surface area contributed by atoms with Gasteiger partial charge in [0.15, 0.2) is 5.82 Å². The quantitative estimate of drug-likeness (QED) is 0.664. The summed E-state index contributed by atoms with van der Waals surface area (Å²) in [6, 6.07) is 6.36. The molecule has 2 atom stereocenters. The predicted molar refractivity (Wildman–Crippen MR) is 111 cm³/mol. The number of carbonyl (C=O) groups excluding carboxylic acids is 1. The van der Waals surface area contributed by atoms with Crippen LogP contribution in [-0.4, -0.2) is 48.5 Å². The number of amides is 1. The number of aromatic nitrogens is 5. The van der Waals surface area contributed by atoms with Crippen LogP contribution >= 0.6 is 11.6 Å². The van der Waals surface area contributed by atoms with Gasteiger partial charge in [-0.2, -0.15) is 5.21 Å². The molecule has 1 aromatic carbocycles. The van der Waals surface area contributed by atoms with Crippen LogP contribution in [0.1, 0.15) is 63.3 Å². The molecule has 3 aliphatic rings. The van der Waals surface area contributed by atoms with Crippen LogP contribution in [0.25, 0.3) is 10.9 Å². The first-order chi connectivity index (χ1) is 14.0. The van der Waals surface area contributed by atoms with E-state index in [1.165, 1.54) is 0 Å². The number of fused-ring (bicyclic) bond motifs is 3. The summed E-state index contributed by atoms with van der Waals surface area (Å²) in [6.07, 6.45) is 6.20. The molecule has 2 bridgehead atoms. The van der Waals surface area contributed by atoms with E-state index < -0.39 is 0 Å². The number of halogens is 1. The molecule has 2 N–H and O–H groups in total. The Morgan fingerprint density at radius 2 is 2.21 bits per heavy atom. The molecule has 152 valence electrons. The molecule has 1 saturated carbocycles. The minimum atomic E-state index is -0.00882. The maximum absolute atomic E-state index is 13.4. The van der Waals surface area contributed by atoms with Gasteiger partial charge in [0.25, 0.3) is 0 Å². The van der Waals surface area contributed by atoms with Crippen molar-refractivity contribution < 1.29 is 4.79 Å². The van der Waals surface area contributed by atoms with Crippen molar-refractivity contribution in [1.29, 1.82) is 0 Å². The number of benzene rings is 1. The molecule has 2 unspecified atom stereocenters. The molecule has 0 spiro atoms. The largest absolute Gasteiger partial charge is 0.361 e. The van der Waals surface area contributed by atoms with Crippen molar-refractivity contribution in [2.24, 2.45) is 0 Å². The number of aromatic amines is 2. The molecule has 8 heteroatoms. The number of carbonyl (C=O) groups is 1. The normalized spacial score (nSPS) is 27.1. The Hall–Kier alpha value is -2.41. The van der Waals surface area contributed by atoms with Crippen molar-refractivity contribution in [3.63, 3.8) is 0 Å². The Morgan fingerprint density at radius 1 is 1.38 bits per heavy atom. The average Bonchev–Trinajstić information content (AvgIpc) is 3.37. The fraction of sp³-hybridized carbons (Fsp3) is 0.524. The van der Waals surface area contributed by atoms with Crippen LogP contribution in [0.2, 0.25) is 5.02 Å². The van der Waals surface area contributed by atoms with Crippen molar-refractivity contribution in [2.75, 3.05) is 0 Å². The molecule has 7 nitrogen and oxygen atoms in total. The van der Waals surface area contributed by atoms with E-state index in [1.54, 1.807) is 0 Å². The lowest BCUT2D eigenvalue weighted by atomic mass is 9.57. The summed E-state index contributed by atoms with van der Waals surface area (Å²) in [5.74, 6) is 1.14. The van der Waals surface area contributed by atoms with Gasteiger partial charge in [0, 0.05) is 41.0 Å². The van der Waals surface area contributed by atoms with Crippen molar-refractivity contribution in [1.82, 2.24) is 30.5 Å². The minimum Gasteiger partial charge on any atom is -0.361 e. The standard InChI is InChI=1S/C21H25ClN6O/c1-3-13-8-21(20-24-26-27-25-20)9-14(10-21)28(13)18(29)7-12(2)15-11-23-17-6-4-5-16(22)19(15)17/h4-6,11-14,23H,3,7-10H2,1-2H3,(H,24,25,26,27). The van der Waals surface area contributed by atoms with E-state index in [2.05, 4.69) is 44.4 Å². The van der Waals surface area contributed by atoms with Crippen molar-refractivity contribution in [3.05, 3.63) is 40.8 Å². The minimum absolute atomic E-state index is 0.00882. The lowest BCUT2D eigenvalue weighted by Crippen LogP contribution is -2.65. The maximum atomic E-state index is 13.4. The third-order valence-electron chi connectivity index (χ3n) is 6.94. The molecule has 1 aliphatic carbocycles. The zero-order valence-corrected chi connectivity index (χ0v) is 17.4. The highest BCUT2D eigenvalue weighted by Gasteiger charge is 2.58. The molecule has 0 radical (unpaired) electrons. The van der Waals surface area contributed by atoms with E-state index in [4.69, 9.17) is 11.6 Å². The first-order valence-corrected chi connectivity index (χ1v) is 10.7. The van der Waals surface area contributed by atoms with E-state index in [9.17, 15) is 4.79 Å². The second-order valence-electron chi connectivity index (χ2n) is 8.66. The molecule has 29 heavy (non-hydrogen) atoms. The van der Waals surface area contributed by atoms with Crippen LogP contribution in [0.3, 0.4) is 0 Å². The summed E-state index contributed by atoms with van der Waals surface area (Å²) >= 11 is 6.44. The van der Waals surface area contributed by atoms with Crippen LogP contribution in [0, 0.1) is 0 Å². The van der Waals surface area contributed by atoms with Gasteiger partial charge in [-0.15, -0.1) is 10.2 Å². The molecule has 4 heterocycles. The van der Waals surface area contributed by atoms with Gasteiger partial charge in [0.2, 0.25) is 5.91 Å². The SMILES string of the molecule is CCC1CC2(c3nn[nH]n3)CC(C2)N1C(=O)CC(C)c1c[nH]c2cccc(Cl)c12. The number of H-pyrrole nitrogens is 2. The highest BCUT2D eigenvalue weighted by Crippen LogP contribution is 2.54. The zero-order chi connectivity index (χ0) is 20.2. The maximum Gasteiger partial charge on any atom is 0.223 e. The number of hydrogen-bond acceptors (Lipinski definition) is 4. The molecule has 2 saturated heterocycles. The predicted octanol–water partition coefficient (Wildman–Crippen LogP) is 3.94. The highest BCUT2D eigenvalue weighted by atomic mass is 35.5. The number of rotatable bonds is 5. The number of nitrogens with one attached hydrogen (secondary N) is 2. The topological polar surface area (TPSA) is 90.6 Å². The molecule has 6 rings (SSSR count). The Kier molecular flexibility index (Phi) is 4.38. The van der Waals surface area contributed by atoms with Gasteiger partial charge in [0.1, 0.15) is 0 Å². The highest BCUT2D eigenvalue weighted by molar-refractivity contribution is 6.35. The van der Waals surface area contributed by atoms with Crippen LogP contribution in [-0.2, 0) is 10.2 Å². The second-order valence-corrected chi connectivity index (χ2v) is 9.06. The van der Waals surface area contributed by atoms with Crippen LogP contribution in [0.5, 0.6) is 0 Å². The number of piperidine rings is 2. The Balaban J connectivity index is 1.34. The van der Waals surface area contributed by atoms with E-state index >= 15 is 0 Å².